The summed E-state index contributed by atoms with van der Waals surface area (Å²) in [6.45, 7) is 0. The summed E-state index contributed by atoms with van der Waals surface area (Å²) < 4.78 is 53.3. The zero-order valence-electron chi connectivity index (χ0n) is 8.20. The van der Waals surface area contributed by atoms with E-state index in [0.717, 1.165) is 6.07 Å². The molecule has 17 heavy (non-hydrogen) atoms. The second kappa shape index (κ2) is 4.49. The molecule has 2 aromatic rings. The molecule has 87 valence electrons. The smallest absolute Gasteiger partial charge is 0.137 e. The molecule has 0 saturated carbocycles. The monoisotopic (exact) mass is 303 g/mol. The van der Waals surface area contributed by atoms with Gasteiger partial charge in [-0.3, -0.25) is 0 Å². The highest BCUT2D eigenvalue weighted by atomic mass is 79.9. The molecule has 1 radical (unpaired) electrons. The van der Waals surface area contributed by atoms with Gasteiger partial charge in [0.25, 0.3) is 0 Å². The van der Waals surface area contributed by atoms with Crippen molar-refractivity contribution in [1.82, 2.24) is 0 Å². The molecule has 0 aliphatic carbocycles. The predicted molar refractivity (Wildman–Crippen MR) is 58.2 cm³/mol. The van der Waals surface area contributed by atoms with Crippen LogP contribution >= 0.6 is 15.9 Å². The van der Waals surface area contributed by atoms with Crippen LogP contribution in [0.4, 0.5) is 17.6 Å². The number of hydrogen-bond donors (Lipinski definition) is 0. The highest BCUT2D eigenvalue weighted by molar-refractivity contribution is 9.10. The van der Waals surface area contributed by atoms with Gasteiger partial charge in [0.1, 0.15) is 23.3 Å². The van der Waals surface area contributed by atoms with E-state index in [4.69, 9.17) is 0 Å². The van der Waals surface area contributed by atoms with Crippen molar-refractivity contribution in [3.05, 3.63) is 58.1 Å². The Balaban J connectivity index is 2.77. The van der Waals surface area contributed by atoms with Gasteiger partial charge in [0, 0.05) is 22.2 Å². The second-order valence-electron chi connectivity index (χ2n) is 3.26. The van der Waals surface area contributed by atoms with Crippen molar-refractivity contribution in [2.24, 2.45) is 0 Å². The van der Waals surface area contributed by atoms with Gasteiger partial charge in [0.15, 0.2) is 0 Å². The fourth-order valence-corrected chi connectivity index (χ4v) is 1.98. The second-order valence-corrected chi connectivity index (χ2v) is 4.05. The third-order valence-electron chi connectivity index (χ3n) is 2.15. The molecule has 5 heteroatoms. The number of halogens is 5. The van der Waals surface area contributed by atoms with Crippen molar-refractivity contribution < 1.29 is 17.6 Å². The molecule has 0 N–H and O–H groups in total. The molecular weight excluding hydrogens is 300 g/mol. The Bertz CT molecular complexity index is 537. The van der Waals surface area contributed by atoms with Gasteiger partial charge in [0.05, 0.1) is 5.56 Å². The van der Waals surface area contributed by atoms with Crippen LogP contribution in [-0.4, -0.2) is 0 Å². The van der Waals surface area contributed by atoms with Crippen molar-refractivity contribution in [3.63, 3.8) is 0 Å². The Morgan fingerprint density at radius 2 is 1.47 bits per heavy atom. The fraction of sp³-hybridized carbons (Fsp3) is 0. The van der Waals surface area contributed by atoms with E-state index in [9.17, 15) is 17.6 Å². The zero-order valence-corrected chi connectivity index (χ0v) is 9.79. The van der Waals surface area contributed by atoms with E-state index in [0.29, 0.717) is 12.1 Å². The maximum absolute atomic E-state index is 13.5. The highest BCUT2D eigenvalue weighted by Gasteiger charge is 2.19. The predicted octanol–water partition coefficient (Wildman–Crippen LogP) is 4.47. The first kappa shape index (κ1) is 12.1. The summed E-state index contributed by atoms with van der Waals surface area (Å²) >= 11 is 2.95. The summed E-state index contributed by atoms with van der Waals surface area (Å²) in [6.07, 6.45) is 0. The summed E-state index contributed by atoms with van der Waals surface area (Å²) in [4.78, 5) is 0. The summed E-state index contributed by atoms with van der Waals surface area (Å²) in [5.74, 6) is -4.20. The molecule has 0 atom stereocenters. The van der Waals surface area contributed by atoms with Crippen LogP contribution in [0.1, 0.15) is 0 Å². The topological polar surface area (TPSA) is 0 Å². The van der Waals surface area contributed by atoms with Crippen LogP contribution in [0.2, 0.25) is 0 Å². The number of hydrogen-bond acceptors (Lipinski definition) is 0. The molecule has 0 heterocycles. The molecule has 0 nitrogen and oxygen atoms in total. The van der Waals surface area contributed by atoms with E-state index in [1.807, 2.05) is 0 Å². The maximum Gasteiger partial charge on any atom is 0.137 e. The molecule has 0 spiro atoms. The lowest BCUT2D eigenvalue weighted by molar-refractivity contribution is 0.545. The molecule has 0 saturated heterocycles. The molecular formula is C12H4BrF4. The molecule has 0 aliphatic heterocycles. The minimum absolute atomic E-state index is 0.0712. The third-order valence-corrected chi connectivity index (χ3v) is 2.78. The minimum Gasteiger partial charge on any atom is -0.207 e. The molecule has 2 aromatic carbocycles. The van der Waals surface area contributed by atoms with Gasteiger partial charge in [-0.15, -0.1) is 0 Å². The van der Waals surface area contributed by atoms with Crippen LogP contribution in [0.3, 0.4) is 0 Å². The van der Waals surface area contributed by atoms with Crippen molar-refractivity contribution in [2.75, 3.05) is 0 Å². The average Bonchev–Trinajstić information content (AvgIpc) is 2.21. The van der Waals surface area contributed by atoms with E-state index >= 15 is 0 Å². The van der Waals surface area contributed by atoms with E-state index in [1.54, 1.807) is 0 Å². The van der Waals surface area contributed by atoms with E-state index in [2.05, 4.69) is 22.0 Å². The van der Waals surface area contributed by atoms with Gasteiger partial charge in [-0.25, -0.2) is 17.6 Å². The van der Waals surface area contributed by atoms with Gasteiger partial charge >= 0.3 is 0 Å². The van der Waals surface area contributed by atoms with E-state index < -0.39 is 28.8 Å². The highest BCUT2D eigenvalue weighted by Crippen LogP contribution is 2.34. The Hall–Kier alpha value is -1.36. The van der Waals surface area contributed by atoms with Crippen LogP contribution in [0.15, 0.2) is 28.7 Å². The molecule has 0 fully saturated rings. The summed E-state index contributed by atoms with van der Waals surface area (Å²) in [7, 11) is 0. The maximum atomic E-state index is 13.5. The first-order valence-corrected chi connectivity index (χ1v) is 5.30. The SMILES string of the molecule is Fc1cc(F)c(-c2c(Br)[c]ccc2F)c(F)c1. The standard InChI is InChI=1S/C12H4BrF4/c13-7-2-1-3-8(15)11(7)12-9(16)4-6(14)5-10(12)17/h1,3-5H. The van der Waals surface area contributed by atoms with Crippen LogP contribution < -0.4 is 0 Å². The quantitative estimate of drug-likeness (QED) is 0.682. The summed E-state index contributed by atoms with van der Waals surface area (Å²) in [5, 5.41) is 0. The van der Waals surface area contributed by atoms with E-state index in [-0.39, 0.29) is 10.0 Å². The van der Waals surface area contributed by atoms with Gasteiger partial charge in [-0.2, -0.15) is 0 Å². The Labute approximate surface area is 103 Å². The van der Waals surface area contributed by atoms with Crippen molar-refractivity contribution >= 4 is 15.9 Å². The van der Waals surface area contributed by atoms with Crippen LogP contribution in [0, 0.1) is 29.3 Å². The summed E-state index contributed by atoms with van der Waals surface area (Å²) in [5.41, 5.74) is -0.935. The lowest BCUT2D eigenvalue weighted by Crippen LogP contribution is -1.96. The number of benzene rings is 2. The molecule has 0 aromatic heterocycles. The molecule has 0 aliphatic rings. The van der Waals surface area contributed by atoms with Crippen molar-refractivity contribution in [1.29, 1.82) is 0 Å². The van der Waals surface area contributed by atoms with Gasteiger partial charge in [0.2, 0.25) is 0 Å². The molecule has 0 amide bonds. The third kappa shape index (κ3) is 2.20. The van der Waals surface area contributed by atoms with Crippen LogP contribution in [0.25, 0.3) is 11.1 Å². The van der Waals surface area contributed by atoms with Crippen molar-refractivity contribution in [3.8, 4) is 11.1 Å². The van der Waals surface area contributed by atoms with E-state index in [1.165, 1.54) is 6.07 Å². The molecule has 0 bridgehead atoms. The average molecular weight is 304 g/mol. The van der Waals surface area contributed by atoms with Gasteiger partial charge in [-0.05, 0) is 28.1 Å². The van der Waals surface area contributed by atoms with Crippen LogP contribution in [0.5, 0.6) is 0 Å². The normalized spacial score (nSPS) is 10.6. The Kier molecular flexibility index (Phi) is 3.19. The number of rotatable bonds is 1. The molecule has 2 rings (SSSR count). The fourth-order valence-electron chi connectivity index (χ4n) is 1.46. The summed E-state index contributed by atoms with van der Waals surface area (Å²) in [6, 6.07) is 5.83. The lowest BCUT2D eigenvalue weighted by Gasteiger charge is -2.08. The van der Waals surface area contributed by atoms with Gasteiger partial charge in [-0.1, -0.05) is 6.07 Å². The lowest BCUT2D eigenvalue weighted by atomic mass is 10.0. The first-order chi connectivity index (χ1) is 8.00. The molecule has 0 unspecified atom stereocenters. The zero-order chi connectivity index (χ0) is 12.6. The minimum atomic E-state index is -1.17. The Morgan fingerprint density at radius 1 is 0.882 bits per heavy atom. The van der Waals surface area contributed by atoms with Crippen LogP contribution in [-0.2, 0) is 0 Å². The Morgan fingerprint density at radius 3 is 2.00 bits per heavy atom. The van der Waals surface area contributed by atoms with Gasteiger partial charge < -0.3 is 0 Å². The first-order valence-electron chi connectivity index (χ1n) is 4.51. The largest absolute Gasteiger partial charge is 0.207 e. The van der Waals surface area contributed by atoms with Crippen molar-refractivity contribution in [2.45, 2.75) is 0 Å².